The monoisotopic (exact) mass is 385 g/mol. The van der Waals surface area contributed by atoms with Crippen molar-refractivity contribution in [3.8, 4) is 0 Å². The normalized spacial score (nSPS) is 12.5. The zero-order valence-electron chi connectivity index (χ0n) is 16.8. The Morgan fingerprint density at radius 1 is 0.929 bits per heavy atom. The van der Waals surface area contributed by atoms with E-state index in [0.29, 0.717) is 5.56 Å². The molecule has 4 nitrogen and oxygen atoms in total. The molecule has 0 aliphatic carbocycles. The molecule has 0 spiro atoms. The van der Waals surface area contributed by atoms with Gasteiger partial charge in [0.25, 0.3) is 0 Å². The summed E-state index contributed by atoms with van der Waals surface area (Å²) in [7, 11) is 1.50. The van der Waals surface area contributed by atoms with Crippen molar-refractivity contribution in [2.24, 2.45) is 17.6 Å². The van der Waals surface area contributed by atoms with Gasteiger partial charge in [-0.3, -0.25) is 14.4 Å². The third-order valence-electron chi connectivity index (χ3n) is 4.47. The van der Waals surface area contributed by atoms with Crippen molar-refractivity contribution in [3.05, 3.63) is 71.5 Å². The van der Waals surface area contributed by atoms with Gasteiger partial charge >= 0.3 is 0 Å². The number of benzene rings is 2. The topological polar surface area (TPSA) is 77.2 Å². The van der Waals surface area contributed by atoms with Crippen LogP contribution in [0.4, 0.5) is 4.39 Å². The molecule has 2 aromatic carbocycles. The van der Waals surface area contributed by atoms with Crippen LogP contribution in [0.1, 0.15) is 49.0 Å². The highest BCUT2D eigenvalue weighted by molar-refractivity contribution is 6.12. The Bertz CT molecular complexity index is 785. The van der Waals surface area contributed by atoms with Gasteiger partial charge in [0.05, 0.1) is 11.8 Å². The lowest BCUT2D eigenvalue weighted by Crippen LogP contribution is -2.36. The SMILES string of the molecule is CCC(=O)C(C(=O)C(C)C)C(C(=O)c1ccc(F)cc1)c1ccccc1.CN. The second-order valence-corrected chi connectivity index (χ2v) is 6.61. The molecule has 2 aromatic rings. The minimum absolute atomic E-state index is 0.170. The number of carbonyl (C=O) groups is 3. The van der Waals surface area contributed by atoms with E-state index in [1.54, 1.807) is 45.0 Å². The first-order valence-electron chi connectivity index (χ1n) is 9.35. The molecule has 0 aromatic heterocycles. The molecule has 0 heterocycles. The van der Waals surface area contributed by atoms with Crippen LogP contribution in [0.15, 0.2) is 54.6 Å². The predicted octanol–water partition coefficient (Wildman–Crippen LogP) is 4.19. The van der Waals surface area contributed by atoms with E-state index in [1.807, 2.05) is 6.07 Å². The number of rotatable bonds is 8. The molecular weight excluding hydrogens is 357 g/mol. The predicted molar refractivity (Wildman–Crippen MR) is 109 cm³/mol. The lowest BCUT2D eigenvalue weighted by molar-refractivity contribution is -0.135. The largest absolute Gasteiger partial charge is 0.333 e. The maximum absolute atomic E-state index is 13.2. The second-order valence-electron chi connectivity index (χ2n) is 6.61. The summed E-state index contributed by atoms with van der Waals surface area (Å²) in [6, 6.07) is 14.0. The average Bonchev–Trinajstić information content (AvgIpc) is 2.73. The van der Waals surface area contributed by atoms with Gasteiger partial charge in [0.15, 0.2) is 5.78 Å². The van der Waals surface area contributed by atoms with Crippen LogP contribution < -0.4 is 5.73 Å². The van der Waals surface area contributed by atoms with Crippen molar-refractivity contribution in [2.45, 2.75) is 33.1 Å². The molecule has 5 heteroatoms. The van der Waals surface area contributed by atoms with Gasteiger partial charge in [-0.05, 0) is 36.9 Å². The van der Waals surface area contributed by atoms with Crippen molar-refractivity contribution in [1.82, 2.24) is 0 Å². The van der Waals surface area contributed by atoms with Gasteiger partial charge in [0, 0.05) is 17.9 Å². The van der Waals surface area contributed by atoms with Crippen LogP contribution in [-0.2, 0) is 9.59 Å². The van der Waals surface area contributed by atoms with Gasteiger partial charge in [-0.15, -0.1) is 0 Å². The van der Waals surface area contributed by atoms with Crippen molar-refractivity contribution < 1.29 is 18.8 Å². The van der Waals surface area contributed by atoms with E-state index in [2.05, 4.69) is 5.73 Å². The van der Waals surface area contributed by atoms with E-state index in [4.69, 9.17) is 0 Å². The zero-order chi connectivity index (χ0) is 21.3. The summed E-state index contributed by atoms with van der Waals surface area (Å²) < 4.78 is 13.2. The molecule has 2 unspecified atom stereocenters. The Morgan fingerprint density at radius 3 is 1.93 bits per heavy atom. The minimum atomic E-state index is -1.04. The standard InChI is InChI=1S/C22H23FO3.CH5N/c1-4-18(24)20(21(25)14(2)3)19(15-8-6-5-7-9-15)22(26)16-10-12-17(23)13-11-16;1-2/h5-14,19-20H,4H2,1-3H3;2H2,1H3. The molecule has 28 heavy (non-hydrogen) atoms. The van der Waals surface area contributed by atoms with Crippen molar-refractivity contribution >= 4 is 17.3 Å². The third-order valence-corrected chi connectivity index (χ3v) is 4.47. The van der Waals surface area contributed by atoms with Gasteiger partial charge in [-0.1, -0.05) is 51.1 Å². The molecule has 0 saturated heterocycles. The molecule has 0 aliphatic heterocycles. The molecule has 0 radical (unpaired) electrons. The minimum Gasteiger partial charge on any atom is -0.333 e. The highest BCUT2D eigenvalue weighted by Gasteiger charge is 2.40. The number of carbonyl (C=O) groups excluding carboxylic acids is 3. The molecule has 0 aliphatic rings. The molecule has 0 saturated carbocycles. The number of hydrogen-bond donors (Lipinski definition) is 1. The van der Waals surface area contributed by atoms with E-state index in [9.17, 15) is 18.8 Å². The highest BCUT2D eigenvalue weighted by Crippen LogP contribution is 2.32. The van der Waals surface area contributed by atoms with Crippen LogP contribution in [0.3, 0.4) is 0 Å². The lowest BCUT2D eigenvalue weighted by atomic mass is 9.73. The first-order valence-corrected chi connectivity index (χ1v) is 9.35. The van der Waals surface area contributed by atoms with Crippen molar-refractivity contribution in [2.75, 3.05) is 7.05 Å². The van der Waals surface area contributed by atoms with Crippen LogP contribution in [0.25, 0.3) is 0 Å². The summed E-state index contributed by atoms with van der Waals surface area (Å²) in [4.78, 5) is 38.7. The number of Topliss-reactive ketones (excluding diaryl/α,β-unsaturated/α-hetero) is 3. The highest BCUT2D eigenvalue weighted by atomic mass is 19.1. The Hall–Kier alpha value is -2.66. The quantitative estimate of drug-likeness (QED) is 0.546. The van der Waals surface area contributed by atoms with Gasteiger partial charge in [0.2, 0.25) is 0 Å². The first kappa shape index (κ1) is 23.4. The summed E-state index contributed by atoms with van der Waals surface area (Å²) in [5, 5.41) is 0. The van der Waals surface area contributed by atoms with E-state index >= 15 is 0 Å². The lowest BCUT2D eigenvalue weighted by Gasteiger charge is -2.26. The molecule has 2 atom stereocenters. The number of hydrogen-bond acceptors (Lipinski definition) is 4. The average molecular weight is 385 g/mol. The molecule has 150 valence electrons. The van der Waals surface area contributed by atoms with E-state index < -0.39 is 17.7 Å². The summed E-state index contributed by atoms with van der Waals surface area (Å²) in [5.74, 6) is -3.63. The third kappa shape index (κ3) is 5.67. The van der Waals surface area contributed by atoms with Gasteiger partial charge < -0.3 is 5.73 Å². The maximum Gasteiger partial charge on any atom is 0.171 e. The van der Waals surface area contributed by atoms with Crippen LogP contribution in [0.2, 0.25) is 0 Å². The smallest absolute Gasteiger partial charge is 0.171 e. The molecular formula is C23H28FNO3. The Balaban J connectivity index is 0.00000190. The number of nitrogens with two attached hydrogens (primary N) is 1. The summed E-state index contributed by atoms with van der Waals surface area (Å²) in [6.07, 6.45) is 0.170. The summed E-state index contributed by atoms with van der Waals surface area (Å²) in [5.41, 5.74) is 5.40. The zero-order valence-corrected chi connectivity index (χ0v) is 16.8. The van der Waals surface area contributed by atoms with Gasteiger partial charge in [-0.2, -0.15) is 0 Å². The van der Waals surface area contributed by atoms with Crippen molar-refractivity contribution in [3.63, 3.8) is 0 Å². The number of ketones is 3. The number of halogens is 1. The van der Waals surface area contributed by atoms with Crippen LogP contribution in [0.5, 0.6) is 0 Å². The fraction of sp³-hybridized carbons (Fsp3) is 0.348. The second kappa shape index (κ2) is 11.2. The first-order chi connectivity index (χ1) is 13.4. The summed E-state index contributed by atoms with van der Waals surface area (Å²) >= 11 is 0. The van der Waals surface area contributed by atoms with E-state index in [0.717, 1.165) is 0 Å². The molecule has 0 amide bonds. The van der Waals surface area contributed by atoms with E-state index in [-0.39, 0.29) is 35.3 Å². The summed E-state index contributed by atoms with van der Waals surface area (Å²) in [6.45, 7) is 5.14. The molecule has 0 bridgehead atoms. The Kier molecular flexibility index (Phi) is 9.39. The fourth-order valence-corrected chi connectivity index (χ4v) is 3.04. The molecule has 2 N–H and O–H groups in total. The fourth-order valence-electron chi connectivity index (χ4n) is 3.04. The molecule has 0 fully saturated rings. The maximum atomic E-state index is 13.2. The van der Waals surface area contributed by atoms with Crippen molar-refractivity contribution in [1.29, 1.82) is 0 Å². The van der Waals surface area contributed by atoms with Crippen LogP contribution in [0, 0.1) is 17.7 Å². The van der Waals surface area contributed by atoms with Crippen LogP contribution >= 0.6 is 0 Å². The molecule has 2 rings (SSSR count). The Morgan fingerprint density at radius 2 is 1.46 bits per heavy atom. The van der Waals surface area contributed by atoms with Crippen LogP contribution in [-0.4, -0.2) is 24.4 Å². The van der Waals surface area contributed by atoms with Gasteiger partial charge in [-0.25, -0.2) is 4.39 Å². The van der Waals surface area contributed by atoms with E-state index in [1.165, 1.54) is 31.3 Å². The Labute approximate surface area is 165 Å². The van der Waals surface area contributed by atoms with Gasteiger partial charge in [0.1, 0.15) is 17.4 Å².